The van der Waals surface area contributed by atoms with Crippen molar-refractivity contribution < 1.29 is 13.6 Å². The Bertz CT molecular complexity index is 634. The number of ketones is 1. The predicted octanol–water partition coefficient (Wildman–Crippen LogP) is 3.16. The third kappa shape index (κ3) is 3.26. The fourth-order valence-electron chi connectivity index (χ4n) is 1.47. The lowest BCUT2D eigenvalue weighted by atomic mass is 10.2. The molecule has 0 radical (unpaired) electrons. The highest BCUT2D eigenvalue weighted by molar-refractivity contribution is 6.77. The van der Waals surface area contributed by atoms with Crippen molar-refractivity contribution in [2.75, 3.05) is 0 Å². The van der Waals surface area contributed by atoms with Gasteiger partial charge in [0, 0.05) is 5.56 Å². The lowest BCUT2D eigenvalue weighted by Crippen LogP contribution is -2.19. The molecule has 1 aromatic heterocycles. The van der Waals surface area contributed by atoms with Crippen LogP contribution in [0.4, 0.5) is 8.78 Å². The van der Waals surface area contributed by atoms with Crippen molar-refractivity contribution in [1.82, 2.24) is 15.0 Å². The molecule has 1 aromatic carbocycles. The maximum atomic E-state index is 13.5. The predicted molar refractivity (Wildman–Crippen MR) is 70.1 cm³/mol. The number of aromatic nitrogens is 3. The van der Waals surface area contributed by atoms with Crippen LogP contribution >= 0.6 is 34.8 Å². The number of benzene rings is 1. The number of carbonyl (C=O) groups excluding carboxylic acids is 1. The number of halogens is 5. The van der Waals surface area contributed by atoms with E-state index in [1.807, 2.05) is 0 Å². The van der Waals surface area contributed by atoms with Crippen LogP contribution in [0.3, 0.4) is 0 Å². The standard InChI is InChI=1S/C11H6Cl3F2N3O/c12-11(13,14)10(20)9-5-19(18-17-9)4-6-7(15)2-1-3-8(6)16/h1-3,5H,4H2. The monoisotopic (exact) mass is 339 g/mol. The highest BCUT2D eigenvalue weighted by Gasteiger charge is 2.33. The Morgan fingerprint density at radius 3 is 2.40 bits per heavy atom. The van der Waals surface area contributed by atoms with E-state index in [0.717, 1.165) is 23.0 Å². The van der Waals surface area contributed by atoms with Gasteiger partial charge in [-0.05, 0) is 12.1 Å². The minimum atomic E-state index is -2.16. The van der Waals surface area contributed by atoms with E-state index >= 15 is 0 Å². The van der Waals surface area contributed by atoms with Crippen molar-refractivity contribution in [2.45, 2.75) is 10.3 Å². The Hall–Kier alpha value is -1.24. The van der Waals surface area contributed by atoms with E-state index in [1.165, 1.54) is 6.07 Å². The molecule has 2 aromatic rings. The van der Waals surface area contributed by atoms with Crippen LogP contribution in [0, 0.1) is 11.6 Å². The number of alkyl halides is 3. The van der Waals surface area contributed by atoms with E-state index < -0.39 is 21.2 Å². The number of nitrogens with zero attached hydrogens (tertiary/aromatic N) is 3. The second-order valence-electron chi connectivity index (χ2n) is 3.83. The average molecular weight is 341 g/mol. The second kappa shape index (κ2) is 5.63. The van der Waals surface area contributed by atoms with Crippen LogP contribution in [0.25, 0.3) is 0 Å². The molecule has 4 nitrogen and oxygen atoms in total. The van der Waals surface area contributed by atoms with Crippen LogP contribution in [0.2, 0.25) is 0 Å². The third-order valence-corrected chi connectivity index (χ3v) is 2.93. The van der Waals surface area contributed by atoms with Crippen molar-refractivity contribution >= 4 is 40.6 Å². The first kappa shape index (κ1) is 15.2. The molecular formula is C11H6Cl3F2N3O. The molecule has 1 heterocycles. The summed E-state index contributed by atoms with van der Waals surface area (Å²) in [4.78, 5) is 11.6. The van der Waals surface area contributed by atoms with Gasteiger partial charge in [-0.2, -0.15) is 0 Å². The first-order chi connectivity index (χ1) is 9.29. The number of carbonyl (C=O) groups is 1. The quantitative estimate of drug-likeness (QED) is 0.637. The molecule has 0 saturated carbocycles. The molecule has 0 N–H and O–H groups in total. The molecule has 2 rings (SSSR count). The summed E-state index contributed by atoms with van der Waals surface area (Å²) in [6.07, 6.45) is 1.15. The summed E-state index contributed by atoms with van der Waals surface area (Å²) >= 11 is 16.3. The Morgan fingerprint density at radius 2 is 1.85 bits per heavy atom. The van der Waals surface area contributed by atoms with E-state index in [-0.39, 0.29) is 17.8 Å². The van der Waals surface area contributed by atoms with Gasteiger partial charge in [-0.1, -0.05) is 46.1 Å². The molecule has 0 fully saturated rings. The van der Waals surface area contributed by atoms with Gasteiger partial charge in [0.15, 0.2) is 5.69 Å². The fourth-order valence-corrected chi connectivity index (χ4v) is 1.76. The van der Waals surface area contributed by atoms with Crippen molar-refractivity contribution in [3.8, 4) is 0 Å². The third-order valence-electron chi connectivity index (χ3n) is 2.41. The molecule has 0 amide bonds. The van der Waals surface area contributed by atoms with E-state index in [4.69, 9.17) is 34.8 Å². The van der Waals surface area contributed by atoms with Crippen LogP contribution in [0.5, 0.6) is 0 Å². The molecule has 0 atom stereocenters. The molecular weight excluding hydrogens is 334 g/mol. The molecule has 0 spiro atoms. The van der Waals surface area contributed by atoms with E-state index in [2.05, 4.69) is 10.3 Å². The normalized spacial score (nSPS) is 11.7. The summed E-state index contributed by atoms with van der Waals surface area (Å²) in [5, 5.41) is 7.07. The van der Waals surface area contributed by atoms with Crippen LogP contribution in [0.15, 0.2) is 24.4 Å². The lowest BCUT2D eigenvalue weighted by Gasteiger charge is -2.05. The first-order valence-electron chi connectivity index (χ1n) is 5.23. The number of Topliss-reactive ketones (excluding diaryl/α,β-unsaturated/α-hetero) is 1. The second-order valence-corrected chi connectivity index (χ2v) is 6.11. The maximum Gasteiger partial charge on any atom is 0.255 e. The molecule has 0 aliphatic rings. The summed E-state index contributed by atoms with van der Waals surface area (Å²) in [6.45, 7) is -0.237. The molecule has 0 bridgehead atoms. The van der Waals surface area contributed by atoms with Gasteiger partial charge in [-0.25, -0.2) is 13.5 Å². The van der Waals surface area contributed by atoms with E-state index in [0.29, 0.717) is 0 Å². The number of rotatable bonds is 3. The summed E-state index contributed by atoms with van der Waals surface area (Å²) in [6, 6.07) is 3.47. The van der Waals surface area contributed by atoms with E-state index in [1.54, 1.807) is 0 Å². The van der Waals surface area contributed by atoms with Crippen LogP contribution in [-0.4, -0.2) is 24.6 Å². The molecule has 106 valence electrons. The first-order valence-corrected chi connectivity index (χ1v) is 6.37. The summed E-state index contributed by atoms with van der Waals surface area (Å²) in [5.74, 6) is -2.33. The van der Waals surface area contributed by atoms with Gasteiger partial charge in [0.25, 0.3) is 3.79 Å². The summed E-state index contributed by atoms with van der Waals surface area (Å²) in [5.41, 5.74) is -0.410. The Morgan fingerprint density at radius 1 is 1.25 bits per heavy atom. The van der Waals surface area contributed by atoms with Crippen LogP contribution < -0.4 is 0 Å². The fraction of sp³-hybridized carbons (Fsp3) is 0.182. The molecule has 20 heavy (non-hydrogen) atoms. The van der Waals surface area contributed by atoms with Gasteiger partial charge in [-0.3, -0.25) is 4.79 Å². The van der Waals surface area contributed by atoms with Crippen LogP contribution in [0.1, 0.15) is 16.1 Å². The molecule has 0 aliphatic heterocycles. The lowest BCUT2D eigenvalue weighted by molar-refractivity contribution is 0.0991. The number of hydrogen-bond acceptors (Lipinski definition) is 3. The molecule has 0 saturated heterocycles. The van der Waals surface area contributed by atoms with Gasteiger partial charge >= 0.3 is 0 Å². The van der Waals surface area contributed by atoms with Gasteiger partial charge < -0.3 is 0 Å². The van der Waals surface area contributed by atoms with Crippen molar-refractivity contribution in [3.05, 3.63) is 47.3 Å². The topological polar surface area (TPSA) is 47.8 Å². The highest BCUT2D eigenvalue weighted by atomic mass is 35.6. The Kier molecular flexibility index (Phi) is 4.27. The minimum Gasteiger partial charge on any atom is -0.287 e. The van der Waals surface area contributed by atoms with E-state index in [9.17, 15) is 13.6 Å². The van der Waals surface area contributed by atoms with Gasteiger partial charge in [0.2, 0.25) is 5.78 Å². The maximum absolute atomic E-state index is 13.5. The van der Waals surface area contributed by atoms with Gasteiger partial charge in [0.05, 0.1) is 12.7 Å². The highest BCUT2D eigenvalue weighted by Crippen LogP contribution is 2.29. The zero-order valence-corrected chi connectivity index (χ0v) is 11.9. The molecule has 0 unspecified atom stereocenters. The molecule has 0 aliphatic carbocycles. The molecule has 9 heteroatoms. The average Bonchev–Trinajstić information content (AvgIpc) is 2.80. The van der Waals surface area contributed by atoms with Crippen molar-refractivity contribution in [1.29, 1.82) is 0 Å². The zero-order valence-electron chi connectivity index (χ0n) is 9.66. The van der Waals surface area contributed by atoms with Crippen molar-refractivity contribution in [2.24, 2.45) is 0 Å². The zero-order chi connectivity index (χ0) is 14.9. The largest absolute Gasteiger partial charge is 0.287 e. The SMILES string of the molecule is O=C(c1cn(Cc2c(F)cccc2F)nn1)C(Cl)(Cl)Cl. The van der Waals surface area contributed by atoms with Crippen molar-refractivity contribution in [3.63, 3.8) is 0 Å². The Balaban J connectivity index is 2.25. The van der Waals surface area contributed by atoms with Crippen LogP contribution in [-0.2, 0) is 6.54 Å². The number of hydrogen-bond donors (Lipinski definition) is 0. The summed E-state index contributed by atoms with van der Waals surface area (Å²) < 4.78 is 25.8. The van der Waals surface area contributed by atoms with Gasteiger partial charge in [-0.15, -0.1) is 5.10 Å². The Labute approximate surface area is 127 Å². The minimum absolute atomic E-state index is 0.203. The van der Waals surface area contributed by atoms with Gasteiger partial charge in [0.1, 0.15) is 11.6 Å². The summed E-state index contributed by atoms with van der Waals surface area (Å²) in [7, 11) is 0. The smallest absolute Gasteiger partial charge is 0.255 e.